The summed E-state index contributed by atoms with van der Waals surface area (Å²) >= 11 is 0. The standard InChI is InChI=1S/C39H83N3/c1-42(2)39(35-31-27-23-19-15-11-7-3-5-9-13-17-21-25-29-33-37-40)36-32-28-24-20-16-12-8-4-6-10-14-18-22-26-30-34-38-41/h39H,3-38,40-41H2,1-2H3. The molecule has 0 aliphatic heterocycles. The fraction of sp³-hybridized carbons (Fsp3) is 1.00. The summed E-state index contributed by atoms with van der Waals surface area (Å²) in [6.07, 6.45) is 48.6. The summed E-state index contributed by atoms with van der Waals surface area (Å²) in [5.41, 5.74) is 11.1. The normalized spacial score (nSPS) is 11.9. The third-order valence-electron chi connectivity index (χ3n) is 9.71. The lowest BCUT2D eigenvalue weighted by atomic mass is 9.99. The van der Waals surface area contributed by atoms with Crippen molar-refractivity contribution in [1.82, 2.24) is 4.90 Å². The molecule has 0 fully saturated rings. The third kappa shape index (κ3) is 34.4. The van der Waals surface area contributed by atoms with Crippen LogP contribution < -0.4 is 11.5 Å². The van der Waals surface area contributed by atoms with Gasteiger partial charge >= 0.3 is 0 Å². The first-order valence-electron chi connectivity index (χ1n) is 19.8. The Hall–Kier alpha value is -0.120. The van der Waals surface area contributed by atoms with Crippen LogP contribution in [0.1, 0.15) is 218 Å². The van der Waals surface area contributed by atoms with Crippen LogP contribution in [0.25, 0.3) is 0 Å². The fourth-order valence-corrected chi connectivity index (χ4v) is 6.66. The van der Waals surface area contributed by atoms with Gasteiger partial charge in [0, 0.05) is 6.04 Å². The number of hydrogen-bond donors (Lipinski definition) is 2. The highest BCUT2D eigenvalue weighted by atomic mass is 15.1. The van der Waals surface area contributed by atoms with Crippen molar-refractivity contribution in [3.63, 3.8) is 0 Å². The Bertz CT molecular complexity index is 429. The predicted octanol–water partition coefficient (Wildman–Crippen LogP) is 12.1. The summed E-state index contributed by atoms with van der Waals surface area (Å²) in [5, 5.41) is 0. The minimum atomic E-state index is 0.807. The highest BCUT2D eigenvalue weighted by Gasteiger charge is 2.10. The van der Waals surface area contributed by atoms with Gasteiger partial charge in [0.2, 0.25) is 0 Å². The van der Waals surface area contributed by atoms with Crippen LogP contribution in [0.3, 0.4) is 0 Å². The molecule has 0 unspecified atom stereocenters. The SMILES string of the molecule is CN(C)C(CCCCCCCCCCCCCCCCCCN)CCCCCCCCCCCCCCCCCCN. The number of hydrogen-bond acceptors (Lipinski definition) is 3. The smallest absolute Gasteiger partial charge is 0.00891 e. The van der Waals surface area contributed by atoms with Gasteiger partial charge in [-0.05, 0) is 52.9 Å². The maximum atomic E-state index is 5.56. The molecule has 0 aromatic rings. The van der Waals surface area contributed by atoms with E-state index in [1.165, 1.54) is 218 Å². The van der Waals surface area contributed by atoms with Gasteiger partial charge in [0.05, 0.1) is 0 Å². The Morgan fingerprint density at radius 2 is 0.452 bits per heavy atom. The summed E-state index contributed by atoms with van der Waals surface area (Å²) in [5.74, 6) is 0. The monoisotopic (exact) mass is 594 g/mol. The average Bonchev–Trinajstić information content (AvgIpc) is 2.99. The molecule has 0 rings (SSSR count). The Labute approximate surface area is 267 Å². The molecule has 0 aliphatic rings. The topological polar surface area (TPSA) is 55.3 Å². The minimum absolute atomic E-state index is 0.807. The third-order valence-corrected chi connectivity index (χ3v) is 9.71. The van der Waals surface area contributed by atoms with Crippen molar-refractivity contribution in [1.29, 1.82) is 0 Å². The van der Waals surface area contributed by atoms with Crippen molar-refractivity contribution >= 4 is 0 Å². The lowest BCUT2D eigenvalue weighted by Crippen LogP contribution is -2.27. The second kappa shape index (κ2) is 37.1. The molecule has 0 spiro atoms. The Kier molecular flexibility index (Phi) is 37.0. The van der Waals surface area contributed by atoms with Gasteiger partial charge in [-0.3, -0.25) is 0 Å². The largest absolute Gasteiger partial charge is 0.330 e. The lowest BCUT2D eigenvalue weighted by Gasteiger charge is -2.24. The van der Waals surface area contributed by atoms with E-state index in [1.54, 1.807) is 0 Å². The van der Waals surface area contributed by atoms with Crippen LogP contribution in [0.4, 0.5) is 0 Å². The number of rotatable bonds is 37. The molecule has 0 bridgehead atoms. The second-order valence-electron chi connectivity index (χ2n) is 14.1. The van der Waals surface area contributed by atoms with Gasteiger partial charge in [-0.1, -0.05) is 193 Å². The predicted molar refractivity (Wildman–Crippen MR) is 193 cm³/mol. The van der Waals surface area contributed by atoms with E-state index in [2.05, 4.69) is 19.0 Å². The number of unbranched alkanes of at least 4 members (excludes halogenated alkanes) is 30. The Balaban J connectivity index is 3.36. The van der Waals surface area contributed by atoms with Gasteiger partial charge in [0.15, 0.2) is 0 Å². The van der Waals surface area contributed by atoms with Crippen LogP contribution in [0.15, 0.2) is 0 Å². The summed E-state index contributed by atoms with van der Waals surface area (Å²) in [6, 6.07) is 0.807. The lowest BCUT2D eigenvalue weighted by molar-refractivity contribution is 0.251. The maximum absolute atomic E-state index is 5.56. The molecule has 254 valence electrons. The van der Waals surface area contributed by atoms with Crippen LogP contribution >= 0.6 is 0 Å². The van der Waals surface area contributed by atoms with Gasteiger partial charge in [-0.25, -0.2) is 0 Å². The molecule has 0 aromatic heterocycles. The zero-order valence-electron chi connectivity index (χ0n) is 29.6. The van der Waals surface area contributed by atoms with Crippen molar-refractivity contribution in [2.24, 2.45) is 11.5 Å². The van der Waals surface area contributed by atoms with E-state index in [0.717, 1.165) is 19.1 Å². The molecule has 0 aromatic carbocycles. The van der Waals surface area contributed by atoms with Crippen molar-refractivity contribution in [3.05, 3.63) is 0 Å². The number of nitrogens with two attached hydrogens (primary N) is 2. The molecular formula is C39H83N3. The average molecular weight is 594 g/mol. The summed E-state index contributed by atoms with van der Waals surface area (Å²) in [7, 11) is 4.61. The molecule has 3 nitrogen and oxygen atoms in total. The van der Waals surface area contributed by atoms with E-state index in [-0.39, 0.29) is 0 Å². The molecule has 0 heterocycles. The summed E-state index contributed by atoms with van der Waals surface area (Å²) < 4.78 is 0. The van der Waals surface area contributed by atoms with Crippen molar-refractivity contribution < 1.29 is 0 Å². The van der Waals surface area contributed by atoms with Gasteiger partial charge in [0.25, 0.3) is 0 Å². The Morgan fingerprint density at radius 3 is 0.619 bits per heavy atom. The zero-order valence-corrected chi connectivity index (χ0v) is 29.6. The zero-order chi connectivity index (χ0) is 30.6. The highest BCUT2D eigenvalue weighted by Crippen LogP contribution is 2.19. The first kappa shape index (κ1) is 41.9. The van der Waals surface area contributed by atoms with Gasteiger partial charge in [-0.2, -0.15) is 0 Å². The van der Waals surface area contributed by atoms with Crippen LogP contribution in [-0.2, 0) is 0 Å². The van der Waals surface area contributed by atoms with Crippen LogP contribution in [-0.4, -0.2) is 38.1 Å². The molecule has 4 N–H and O–H groups in total. The quantitative estimate of drug-likeness (QED) is 0.0704. The summed E-state index contributed by atoms with van der Waals surface area (Å²) in [6.45, 7) is 1.74. The van der Waals surface area contributed by atoms with Crippen LogP contribution in [0.5, 0.6) is 0 Å². The summed E-state index contributed by atoms with van der Waals surface area (Å²) in [4.78, 5) is 2.50. The minimum Gasteiger partial charge on any atom is -0.330 e. The van der Waals surface area contributed by atoms with E-state index in [0.29, 0.717) is 0 Å². The molecular weight excluding hydrogens is 510 g/mol. The van der Waals surface area contributed by atoms with E-state index in [1.807, 2.05) is 0 Å². The van der Waals surface area contributed by atoms with Crippen LogP contribution in [0.2, 0.25) is 0 Å². The Morgan fingerprint density at radius 1 is 0.286 bits per heavy atom. The molecule has 0 atom stereocenters. The van der Waals surface area contributed by atoms with E-state index in [9.17, 15) is 0 Å². The fourth-order valence-electron chi connectivity index (χ4n) is 6.66. The van der Waals surface area contributed by atoms with Crippen molar-refractivity contribution in [2.45, 2.75) is 224 Å². The van der Waals surface area contributed by atoms with Gasteiger partial charge in [0.1, 0.15) is 0 Å². The second-order valence-corrected chi connectivity index (χ2v) is 14.1. The molecule has 42 heavy (non-hydrogen) atoms. The van der Waals surface area contributed by atoms with Crippen molar-refractivity contribution in [3.8, 4) is 0 Å². The van der Waals surface area contributed by atoms with Gasteiger partial charge < -0.3 is 16.4 Å². The van der Waals surface area contributed by atoms with Crippen LogP contribution in [0, 0.1) is 0 Å². The highest BCUT2D eigenvalue weighted by molar-refractivity contribution is 4.67. The van der Waals surface area contributed by atoms with Crippen molar-refractivity contribution in [2.75, 3.05) is 27.2 Å². The van der Waals surface area contributed by atoms with E-state index in [4.69, 9.17) is 11.5 Å². The molecule has 0 amide bonds. The first-order valence-corrected chi connectivity index (χ1v) is 19.8. The van der Waals surface area contributed by atoms with E-state index >= 15 is 0 Å². The van der Waals surface area contributed by atoms with Gasteiger partial charge in [-0.15, -0.1) is 0 Å². The molecule has 0 radical (unpaired) electrons. The maximum Gasteiger partial charge on any atom is 0.00891 e. The molecule has 3 heteroatoms. The molecule has 0 saturated carbocycles. The molecule has 0 saturated heterocycles. The van der Waals surface area contributed by atoms with E-state index < -0.39 is 0 Å². The first-order chi connectivity index (χ1) is 20.7. The molecule has 0 aliphatic carbocycles. The number of nitrogens with zero attached hydrogens (tertiary/aromatic N) is 1.